The molecule has 0 spiro atoms. The van der Waals surface area contributed by atoms with Crippen LogP contribution in [0.25, 0.3) is 0 Å². The van der Waals surface area contributed by atoms with Crippen LogP contribution in [0.1, 0.15) is 29.7 Å². The number of rotatable bonds is 4. The fraction of sp³-hybridized carbons (Fsp3) is 0.478. The molecule has 1 aromatic carbocycles. The fourth-order valence-corrected chi connectivity index (χ4v) is 4.36. The van der Waals surface area contributed by atoms with E-state index in [4.69, 9.17) is 0 Å². The Labute approximate surface area is 173 Å². The van der Waals surface area contributed by atoms with Gasteiger partial charge in [0, 0.05) is 57.2 Å². The summed E-state index contributed by atoms with van der Waals surface area (Å²) in [6.07, 6.45) is 2.58. The van der Waals surface area contributed by atoms with Crippen molar-refractivity contribution in [2.75, 3.05) is 49.5 Å². The third-order valence-corrected chi connectivity index (χ3v) is 5.82. The van der Waals surface area contributed by atoms with Crippen LogP contribution in [0.15, 0.2) is 36.4 Å². The van der Waals surface area contributed by atoms with Crippen molar-refractivity contribution in [3.8, 4) is 0 Å². The summed E-state index contributed by atoms with van der Waals surface area (Å²) in [5.41, 5.74) is 4.80. The van der Waals surface area contributed by atoms with Gasteiger partial charge in [-0.3, -0.25) is 10.2 Å². The second kappa shape index (κ2) is 8.82. The van der Waals surface area contributed by atoms with Gasteiger partial charge in [-0.25, -0.2) is 9.78 Å². The van der Waals surface area contributed by atoms with E-state index in [1.54, 1.807) is 0 Å². The third-order valence-electron chi connectivity index (χ3n) is 5.82. The number of carbonyl (C=O) groups excluding carboxylic acids is 1. The smallest absolute Gasteiger partial charge is 0.323 e. The molecule has 29 heavy (non-hydrogen) atoms. The lowest BCUT2D eigenvalue weighted by Crippen LogP contribution is -2.49. The van der Waals surface area contributed by atoms with Gasteiger partial charge in [0.15, 0.2) is 0 Å². The summed E-state index contributed by atoms with van der Waals surface area (Å²) in [6, 6.07) is 12.6. The third kappa shape index (κ3) is 4.88. The van der Waals surface area contributed by atoms with E-state index in [0.29, 0.717) is 5.82 Å². The molecule has 2 aliphatic rings. The molecule has 0 atom stereocenters. The average Bonchev–Trinajstić information content (AvgIpc) is 3.23. The summed E-state index contributed by atoms with van der Waals surface area (Å²) in [4.78, 5) is 23.9. The van der Waals surface area contributed by atoms with Gasteiger partial charge in [-0.15, -0.1) is 0 Å². The van der Waals surface area contributed by atoms with Gasteiger partial charge in [0.2, 0.25) is 0 Å². The monoisotopic (exact) mass is 393 g/mol. The normalized spacial score (nSPS) is 17.6. The number of anilines is 2. The maximum atomic E-state index is 12.6. The van der Waals surface area contributed by atoms with E-state index in [2.05, 4.69) is 44.4 Å². The lowest BCUT2D eigenvalue weighted by Gasteiger charge is -2.35. The molecule has 0 bridgehead atoms. The van der Waals surface area contributed by atoms with Crippen LogP contribution in [0, 0.1) is 13.8 Å². The van der Waals surface area contributed by atoms with Crippen LogP contribution < -0.4 is 10.2 Å². The van der Waals surface area contributed by atoms with Crippen LogP contribution in [-0.2, 0) is 6.54 Å². The second-order valence-corrected chi connectivity index (χ2v) is 8.19. The first-order chi connectivity index (χ1) is 14.1. The summed E-state index contributed by atoms with van der Waals surface area (Å²) >= 11 is 0. The van der Waals surface area contributed by atoms with E-state index in [9.17, 15) is 4.79 Å². The Bertz CT molecular complexity index is 834. The molecule has 6 nitrogen and oxygen atoms in total. The summed E-state index contributed by atoms with van der Waals surface area (Å²) in [6.45, 7) is 10.5. The van der Waals surface area contributed by atoms with E-state index in [1.165, 1.54) is 24.1 Å². The van der Waals surface area contributed by atoms with Crippen LogP contribution in [0.4, 0.5) is 16.3 Å². The number of hydrogen-bond acceptors (Lipinski definition) is 4. The number of carbonyl (C=O) groups is 1. The molecule has 2 aromatic rings. The molecule has 2 amide bonds. The Morgan fingerprint density at radius 1 is 1.00 bits per heavy atom. The summed E-state index contributed by atoms with van der Waals surface area (Å²) in [5.74, 6) is 0.634. The highest BCUT2D eigenvalue weighted by Gasteiger charge is 2.23. The van der Waals surface area contributed by atoms with Crippen molar-refractivity contribution in [2.45, 2.75) is 33.2 Å². The number of benzene rings is 1. The Hall–Kier alpha value is -2.60. The quantitative estimate of drug-likeness (QED) is 0.862. The SMILES string of the molecule is Cc1cc(C)nc(NC(=O)N2CCN(Cc3ccccc3N3CCCC3)CC2)c1. The van der Waals surface area contributed by atoms with Gasteiger partial charge in [0.05, 0.1) is 0 Å². The number of para-hydroxylation sites is 1. The van der Waals surface area contributed by atoms with Gasteiger partial charge in [-0.05, 0) is 56.0 Å². The van der Waals surface area contributed by atoms with E-state index in [1.807, 2.05) is 30.9 Å². The van der Waals surface area contributed by atoms with Crippen molar-refractivity contribution >= 4 is 17.5 Å². The molecule has 4 rings (SSSR count). The van der Waals surface area contributed by atoms with E-state index >= 15 is 0 Å². The minimum Gasteiger partial charge on any atom is -0.371 e. The lowest BCUT2D eigenvalue weighted by molar-refractivity contribution is 0.143. The fourth-order valence-electron chi connectivity index (χ4n) is 4.36. The van der Waals surface area contributed by atoms with Crippen LogP contribution in [0.3, 0.4) is 0 Å². The molecular weight excluding hydrogens is 362 g/mol. The molecule has 2 saturated heterocycles. The topological polar surface area (TPSA) is 51.7 Å². The van der Waals surface area contributed by atoms with Gasteiger partial charge in [0.1, 0.15) is 5.82 Å². The number of hydrogen-bond donors (Lipinski definition) is 1. The molecule has 0 aliphatic carbocycles. The van der Waals surface area contributed by atoms with Crippen molar-refractivity contribution in [3.05, 3.63) is 53.2 Å². The Kier molecular flexibility index (Phi) is 6.00. The van der Waals surface area contributed by atoms with Crippen molar-refractivity contribution in [1.82, 2.24) is 14.8 Å². The number of aromatic nitrogens is 1. The molecule has 2 aliphatic heterocycles. The first-order valence-electron chi connectivity index (χ1n) is 10.6. The standard InChI is InChI=1S/C23H31N5O/c1-18-15-19(2)24-22(16-18)25-23(29)28-13-11-26(12-14-28)17-20-7-3-4-8-21(20)27-9-5-6-10-27/h3-4,7-8,15-16H,5-6,9-14,17H2,1-2H3,(H,24,25,29). The molecular formula is C23H31N5O. The van der Waals surface area contributed by atoms with Gasteiger partial charge in [-0.2, -0.15) is 0 Å². The predicted molar refractivity (Wildman–Crippen MR) is 117 cm³/mol. The van der Waals surface area contributed by atoms with Gasteiger partial charge in [0.25, 0.3) is 0 Å². The minimum atomic E-state index is -0.0559. The Balaban J connectivity index is 1.32. The van der Waals surface area contributed by atoms with E-state index in [-0.39, 0.29) is 6.03 Å². The van der Waals surface area contributed by atoms with Crippen molar-refractivity contribution in [1.29, 1.82) is 0 Å². The van der Waals surface area contributed by atoms with Crippen LogP contribution in [0.5, 0.6) is 0 Å². The van der Waals surface area contributed by atoms with Gasteiger partial charge < -0.3 is 9.80 Å². The van der Waals surface area contributed by atoms with Crippen molar-refractivity contribution in [3.63, 3.8) is 0 Å². The van der Waals surface area contributed by atoms with E-state index < -0.39 is 0 Å². The van der Waals surface area contributed by atoms with Crippen LogP contribution >= 0.6 is 0 Å². The number of nitrogens with zero attached hydrogens (tertiary/aromatic N) is 4. The molecule has 0 radical (unpaired) electrons. The first kappa shape index (κ1) is 19.7. The summed E-state index contributed by atoms with van der Waals surface area (Å²) in [7, 11) is 0. The Morgan fingerprint density at radius 2 is 1.72 bits per heavy atom. The highest BCUT2D eigenvalue weighted by molar-refractivity contribution is 5.88. The number of urea groups is 1. The van der Waals surface area contributed by atoms with Crippen LogP contribution in [0.2, 0.25) is 0 Å². The number of pyridine rings is 1. The number of nitrogens with one attached hydrogen (secondary N) is 1. The largest absolute Gasteiger partial charge is 0.371 e. The number of amides is 2. The molecule has 2 fully saturated rings. The van der Waals surface area contributed by atoms with Crippen LogP contribution in [-0.4, -0.2) is 60.1 Å². The predicted octanol–water partition coefficient (Wildman–Crippen LogP) is 3.65. The average molecular weight is 394 g/mol. The number of aryl methyl sites for hydroxylation is 2. The zero-order chi connectivity index (χ0) is 20.2. The van der Waals surface area contributed by atoms with Gasteiger partial charge in [-0.1, -0.05) is 18.2 Å². The molecule has 0 unspecified atom stereocenters. The molecule has 154 valence electrons. The second-order valence-electron chi connectivity index (χ2n) is 8.19. The number of piperazine rings is 1. The summed E-state index contributed by atoms with van der Waals surface area (Å²) < 4.78 is 0. The molecule has 1 N–H and O–H groups in total. The summed E-state index contributed by atoms with van der Waals surface area (Å²) in [5, 5.41) is 2.95. The maximum Gasteiger partial charge on any atom is 0.323 e. The van der Waals surface area contributed by atoms with E-state index in [0.717, 1.165) is 57.1 Å². The highest BCUT2D eigenvalue weighted by atomic mass is 16.2. The van der Waals surface area contributed by atoms with Gasteiger partial charge >= 0.3 is 6.03 Å². The molecule has 0 saturated carbocycles. The first-order valence-corrected chi connectivity index (χ1v) is 10.6. The van der Waals surface area contributed by atoms with Crippen molar-refractivity contribution in [2.24, 2.45) is 0 Å². The highest BCUT2D eigenvalue weighted by Crippen LogP contribution is 2.26. The van der Waals surface area contributed by atoms with Crippen molar-refractivity contribution < 1.29 is 4.79 Å². The maximum absolute atomic E-state index is 12.6. The zero-order valence-electron chi connectivity index (χ0n) is 17.5. The Morgan fingerprint density at radius 3 is 2.45 bits per heavy atom. The zero-order valence-corrected chi connectivity index (χ0v) is 17.5. The molecule has 6 heteroatoms. The molecule has 1 aromatic heterocycles. The lowest BCUT2D eigenvalue weighted by atomic mass is 10.1. The minimum absolute atomic E-state index is 0.0559. The molecule has 3 heterocycles.